The Kier molecular flexibility index (Phi) is 10.3. The maximum atomic E-state index is 13.5. The molecule has 196 valence electrons. The van der Waals surface area contributed by atoms with E-state index in [4.69, 9.17) is 9.47 Å². The molecule has 5 atom stereocenters. The van der Waals surface area contributed by atoms with Crippen molar-refractivity contribution < 1.29 is 53.7 Å². The van der Waals surface area contributed by atoms with E-state index in [1.54, 1.807) is 18.2 Å². The molecule has 6 N–H and O–H groups in total. The molecule has 2 aromatic rings. The van der Waals surface area contributed by atoms with Gasteiger partial charge < -0.3 is 45.1 Å². The summed E-state index contributed by atoms with van der Waals surface area (Å²) in [6, 6.07) is 9.62. The van der Waals surface area contributed by atoms with Crippen LogP contribution in [0, 0.1) is 5.82 Å². The first-order chi connectivity index (χ1) is 17.0. The molecule has 0 fully saturated rings. The third-order valence-electron chi connectivity index (χ3n) is 5.15. The first-order valence-corrected chi connectivity index (χ1v) is 10.5. The number of benzene rings is 2. The van der Waals surface area contributed by atoms with E-state index in [-0.39, 0.29) is 11.1 Å². The van der Waals surface area contributed by atoms with Crippen LogP contribution in [0.15, 0.2) is 42.5 Å². The zero-order chi connectivity index (χ0) is 27.0. The van der Waals surface area contributed by atoms with Crippen LogP contribution in [-0.2, 0) is 14.3 Å². The highest BCUT2D eigenvalue weighted by Gasteiger charge is 2.38. The molecule has 0 spiro atoms. The number of methoxy groups -OCH3 is 3. The van der Waals surface area contributed by atoms with Gasteiger partial charge in [0.25, 0.3) is 5.91 Å². The molecule has 36 heavy (non-hydrogen) atoms. The summed E-state index contributed by atoms with van der Waals surface area (Å²) >= 11 is 0. The van der Waals surface area contributed by atoms with Gasteiger partial charge in [0.15, 0.2) is 12.3 Å². The highest BCUT2D eigenvalue weighted by atomic mass is 19.1. The maximum absolute atomic E-state index is 13.5. The van der Waals surface area contributed by atoms with Gasteiger partial charge in [-0.15, -0.1) is 0 Å². The van der Waals surface area contributed by atoms with Gasteiger partial charge in [-0.2, -0.15) is 0 Å². The van der Waals surface area contributed by atoms with Gasteiger partial charge in [-0.05, 0) is 41.5 Å². The topological polar surface area (TPSA) is 175 Å². The van der Waals surface area contributed by atoms with Gasteiger partial charge in [-0.25, -0.2) is 9.18 Å². The van der Waals surface area contributed by atoms with Crippen molar-refractivity contribution in [3.63, 3.8) is 0 Å². The summed E-state index contributed by atoms with van der Waals surface area (Å²) in [6.07, 6.45) is -9.71. The fraction of sp³-hybridized carbons (Fsp3) is 0.333. The van der Waals surface area contributed by atoms with Crippen LogP contribution >= 0.6 is 0 Å². The minimum absolute atomic E-state index is 0.0822. The number of hydrogen-bond donors (Lipinski definition) is 6. The number of rotatable bonds is 11. The lowest BCUT2D eigenvalue weighted by molar-refractivity contribution is -0.172. The molecule has 12 heteroatoms. The Morgan fingerprint density at radius 2 is 1.42 bits per heavy atom. The molecule has 5 unspecified atom stereocenters. The molecular weight excluding hydrogens is 481 g/mol. The highest BCUT2D eigenvalue weighted by molar-refractivity contribution is 6.24. The molecule has 0 heterocycles. The van der Waals surface area contributed by atoms with Crippen molar-refractivity contribution in [1.29, 1.82) is 0 Å². The number of hydrogen-bond acceptors (Lipinski definition) is 10. The molecule has 0 aromatic heterocycles. The highest BCUT2D eigenvalue weighted by Crippen LogP contribution is 2.27. The normalized spacial score (nSPS) is 15.8. The standard InChI is InChI=1S/C24H28FNO10/c1-34-15-8-12(9-16(11-15)35-2)10-17(13-4-6-14(25)7-5-13)22(31)26-23(32)20(29)18(27)19(28)21(30)24(33)36-3/h4-11,18-21,23,27-30,32H,1-3H3,(H,26,31). The first-order valence-electron chi connectivity index (χ1n) is 10.5. The first kappa shape index (κ1) is 28.7. The van der Waals surface area contributed by atoms with E-state index in [9.17, 15) is 39.5 Å². The van der Waals surface area contributed by atoms with Crippen molar-refractivity contribution in [3.05, 3.63) is 59.4 Å². The number of esters is 1. The van der Waals surface area contributed by atoms with Crippen molar-refractivity contribution in [2.75, 3.05) is 21.3 Å². The van der Waals surface area contributed by atoms with E-state index in [0.29, 0.717) is 17.1 Å². The summed E-state index contributed by atoms with van der Waals surface area (Å²) in [5, 5.41) is 52.1. The number of halogens is 1. The number of nitrogens with one attached hydrogen (secondary N) is 1. The molecule has 2 aromatic carbocycles. The summed E-state index contributed by atoms with van der Waals surface area (Å²) in [5.74, 6) is -1.97. The lowest BCUT2D eigenvalue weighted by Crippen LogP contribution is -2.55. The predicted octanol–water partition coefficient (Wildman–Crippen LogP) is -0.565. The largest absolute Gasteiger partial charge is 0.497 e. The molecule has 0 aliphatic carbocycles. The Balaban J connectivity index is 2.35. The minimum atomic E-state index is -2.25. The van der Waals surface area contributed by atoms with Crippen molar-refractivity contribution >= 4 is 23.5 Å². The molecule has 2 rings (SSSR count). The molecule has 0 radical (unpaired) electrons. The second-order valence-electron chi connectivity index (χ2n) is 7.57. The number of aliphatic hydroxyl groups excluding tert-OH is 5. The van der Waals surface area contributed by atoms with Crippen LogP contribution in [0.1, 0.15) is 11.1 Å². The number of carbonyl (C=O) groups is 2. The van der Waals surface area contributed by atoms with E-state index in [1.807, 2.05) is 0 Å². The molecular formula is C24H28FNO10. The number of carbonyl (C=O) groups excluding carboxylic acids is 2. The zero-order valence-corrected chi connectivity index (χ0v) is 19.7. The second kappa shape index (κ2) is 13.0. The average Bonchev–Trinajstić information content (AvgIpc) is 2.89. The summed E-state index contributed by atoms with van der Waals surface area (Å²) in [4.78, 5) is 24.4. The fourth-order valence-corrected chi connectivity index (χ4v) is 3.12. The SMILES string of the molecule is COC(=O)C(O)C(O)C(O)C(O)C(O)NC(=O)C(=Cc1cc(OC)cc(OC)c1)c1ccc(F)cc1. The lowest BCUT2D eigenvalue weighted by atomic mass is 10.00. The minimum Gasteiger partial charge on any atom is -0.497 e. The number of amides is 1. The van der Waals surface area contributed by atoms with Crippen molar-refractivity contribution in [3.8, 4) is 11.5 Å². The molecule has 0 aliphatic heterocycles. The molecule has 0 aliphatic rings. The van der Waals surface area contributed by atoms with Crippen molar-refractivity contribution in [1.82, 2.24) is 5.32 Å². The summed E-state index contributed by atoms with van der Waals surface area (Å²) in [7, 11) is 3.80. The molecule has 1 amide bonds. The van der Waals surface area contributed by atoms with E-state index >= 15 is 0 Å². The monoisotopic (exact) mass is 509 g/mol. The number of aliphatic hydroxyl groups is 5. The molecule has 11 nitrogen and oxygen atoms in total. The van der Waals surface area contributed by atoms with Gasteiger partial charge in [-0.1, -0.05) is 12.1 Å². The van der Waals surface area contributed by atoms with Gasteiger partial charge in [-0.3, -0.25) is 4.79 Å². The Bertz CT molecular complexity index is 1050. The average molecular weight is 509 g/mol. The molecule has 0 saturated carbocycles. The Labute approximate surface area is 206 Å². The summed E-state index contributed by atoms with van der Waals surface area (Å²) < 4.78 is 28.1. The summed E-state index contributed by atoms with van der Waals surface area (Å²) in [5.41, 5.74) is 0.590. The van der Waals surface area contributed by atoms with Gasteiger partial charge in [0.2, 0.25) is 0 Å². The van der Waals surface area contributed by atoms with E-state index in [1.165, 1.54) is 32.4 Å². The van der Waals surface area contributed by atoms with Crippen LogP contribution < -0.4 is 14.8 Å². The second-order valence-corrected chi connectivity index (χ2v) is 7.57. The number of ether oxygens (including phenoxy) is 3. The van der Waals surface area contributed by atoms with Gasteiger partial charge in [0.05, 0.1) is 21.3 Å². The Morgan fingerprint density at radius 1 is 0.861 bits per heavy atom. The quantitative estimate of drug-likeness (QED) is 0.0996. The maximum Gasteiger partial charge on any atom is 0.337 e. The third kappa shape index (κ3) is 7.23. The van der Waals surface area contributed by atoms with Crippen LogP contribution in [0.2, 0.25) is 0 Å². The van der Waals surface area contributed by atoms with Crippen LogP contribution in [0.5, 0.6) is 11.5 Å². The predicted molar refractivity (Wildman–Crippen MR) is 124 cm³/mol. The molecule has 0 saturated heterocycles. The van der Waals surface area contributed by atoms with Gasteiger partial charge in [0.1, 0.15) is 35.6 Å². The van der Waals surface area contributed by atoms with Crippen molar-refractivity contribution in [2.24, 2.45) is 0 Å². The smallest absolute Gasteiger partial charge is 0.337 e. The van der Waals surface area contributed by atoms with Crippen LogP contribution in [-0.4, -0.2) is 89.4 Å². The van der Waals surface area contributed by atoms with E-state index < -0.39 is 48.3 Å². The van der Waals surface area contributed by atoms with E-state index in [0.717, 1.165) is 19.2 Å². The summed E-state index contributed by atoms with van der Waals surface area (Å²) in [6.45, 7) is 0. The van der Waals surface area contributed by atoms with Crippen LogP contribution in [0.25, 0.3) is 11.6 Å². The van der Waals surface area contributed by atoms with Crippen molar-refractivity contribution in [2.45, 2.75) is 30.6 Å². The van der Waals surface area contributed by atoms with Crippen LogP contribution in [0.3, 0.4) is 0 Å². The fourth-order valence-electron chi connectivity index (χ4n) is 3.12. The van der Waals surface area contributed by atoms with Gasteiger partial charge in [0, 0.05) is 11.6 Å². The Morgan fingerprint density at radius 3 is 1.92 bits per heavy atom. The third-order valence-corrected chi connectivity index (χ3v) is 5.15. The Hall–Kier alpha value is -3.55. The lowest BCUT2D eigenvalue weighted by Gasteiger charge is -2.28. The van der Waals surface area contributed by atoms with Crippen LogP contribution in [0.4, 0.5) is 4.39 Å². The zero-order valence-electron chi connectivity index (χ0n) is 19.7. The van der Waals surface area contributed by atoms with E-state index in [2.05, 4.69) is 10.1 Å². The van der Waals surface area contributed by atoms with Gasteiger partial charge >= 0.3 is 5.97 Å². The molecule has 0 bridgehead atoms.